The predicted molar refractivity (Wildman–Crippen MR) is 80.2 cm³/mol. The molecule has 0 aromatic heterocycles. The molecule has 124 valence electrons. The lowest BCUT2D eigenvalue weighted by molar-refractivity contribution is -0.137. The zero-order valence-corrected chi connectivity index (χ0v) is 13.0. The van der Waals surface area contributed by atoms with Crippen LogP contribution in [0.1, 0.15) is 23.2 Å². The number of esters is 1. The Bertz CT molecular complexity index is 638. The molecule has 0 unspecified atom stereocenters. The minimum absolute atomic E-state index is 0.154. The van der Waals surface area contributed by atoms with E-state index in [4.69, 9.17) is 22.1 Å². The van der Waals surface area contributed by atoms with Gasteiger partial charge in [-0.05, 0) is 31.0 Å². The van der Waals surface area contributed by atoms with Crippen molar-refractivity contribution in [3.05, 3.63) is 34.6 Å². The molecule has 0 bridgehead atoms. The van der Waals surface area contributed by atoms with E-state index < -0.39 is 36.1 Å². The standard InChI is InChI=1S/C15H16ClFN2O4/c16-10-3-4-11(12(17)6-10)15(22)23-8-13(20)19-5-1-2-9(7-19)14(18)21/h3-4,6,9H,1-2,5,7-8H2,(H2,18,21)/t9-/m0/s1. The second kappa shape index (κ2) is 7.41. The van der Waals surface area contributed by atoms with Crippen molar-refractivity contribution in [1.82, 2.24) is 4.90 Å². The molecule has 1 aromatic carbocycles. The molecule has 0 saturated carbocycles. The lowest BCUT2D eigenvalue weighted by Gasteiger charge is -2.31. The van der Waals surface area contributed by atoms with Crippen molar-refractivity contribution < 1.29 is 23.5 Å². The number of halogens is 2. The van der Waals surface area contributed by atoms with Gasteiger partial charge in [0.05, 0.1) is 11.5 Å². The molecule has 2 N–H and O–H groups in total. The fourth-order valence-corrected chi connectivity index (χ4v) is 2.55. The molecular weight excluding hydrogens is 327 g/mol. The highest BCUT2D eigenvalue weighted by molar-refractivity contribution is 6.30. The van der Waals surface area contributed by atoms with Crippen molar-refractivity contribution >= 4 is 29.4 Å². The topological polar surface area (TPSA) is 89.7 Å². The Hall–Kier alpha value is -2.15. The molecule has 1 fully saturated rings. The van der Waals surface area contributed by atoms with Gasteiger partial charge in [-0.15, -0.1) is 0 Å². The van der Waals surface area contributed by atoms with E-state index in [0.29, 0.717) is 19.4 Å². The van der Waals surface area contributed by atoms with Gasteiger partial charge in [0.25, 0.3) is 5.91 Å². The van der Waals surface area contributed by atoms with Gasteiger partial charge in [-0.2, -0.15) is 0 Å². The first kappa shape index (κ1) is 17.2. The monoisotopic (exact) mass is 342 g/mol. The maximum absolute atomic E-state index is 13.6. The number of carbonyl (C=O) groups excluding carboxylic acids is 3. The zero-order chi connectivity index (χ0) is 17.0. The lowest BCUT2D eigenvalue weighted by atomic mass is 9.97. The summed E-state index contributed by atoms with van der Waals surface area (Å²) in [7, 11) is 0. The summed E-state index contributed by atoms with van der Waals surface area (Å²) in [6, 6.07) is 3.53. The second-order valence-corrected chi connectivity index (χ2v) is 5.72. The Morgan fingerprint density at radius 1 is 1.39 bits per heavy atom. The number of likely N-dealkylation sites (tertiary alicyclic amines) is 1. The minimum atomic E-state index is -0.948. The molecule has 0 radical (unpaired) electrons. The normalized spacial score (nSPS) is 17.7. The third-order valence-corrected chi connectivity index (χ3v) is 3.89. The van der Waals surface area contributed by atoms with Crippen LogP contribution >= 0.6 is 11.6 Å². The van der Waals surface area contributed by atoms with Crippen molar-refractivity contribution in [2.75, 3.05) is 19.7 Å². The molecule has 6 nitrogen and oxygen atoms in total. The number of hydrogen-bond donors (Lipinski definition) is 1. The van der Waals surface area contributed by atoms with Crippen molar-refractivity contribution in [2.24, 2.45) is 11.7 Å². The Labute approximate surface area is 137 Å². The number of rotatable bonds is 4. The molecule has 1 saturated heterocycles. The summed E-state index contributed by atoms with van der Waals surface area (Å²) in [5, 5.41) is 0.154. The first-order valence-corrected chi connectivity index (χ1v) is 7.45. The summed E-state index contributed by atoms with van der Waals surface area (Å²) in [4.78, 5) is 36.4. The Balaban J connectivity index is 1.91. The summed E-state index contributed by atoms with van der Waals surface area (Å²) < 4.78 is 18.4. The van der Waals surface area contributed by atoms with Crippen LogP contribution in [0, 0.1) is 11.7 Å². The fourth-order valence-electron chi connectivity index (χ4n) is 2.39. The first-order valence-electron chi connectivity index (χ1n) is 7.07. The van der Waals surface area contributed by atoms with Gasteiger partial charge in [0.2, 0.25) is 5.91 Å². The Morgan fingerprint density at radius 2 is 2.13 bits per heavy atom. The van der Waals surface area contributed by atoms with Crippen molar-refractivity contribution in [2.45, 2.75) is 12.8 Å². The molecule has 2 amide bonds. The molecule has 1 aliphatic heterocycles. The summed E-state index contributed by atoms with van der Waals surface area (Å²) in [6.45, 7) is 0.156. The molecule has 1 atom stereocenters. The molecule has 23 heavy (non-hydrogen) atoms. The number of primary amides is 1. The fraction of sp³-hybridized carbons (Fsp3) is 0.400. The summed E-state index contributed by atoms with van der Waals surface area (Å²) in [5.74, 6) is -3.06. The van der Waals surface area contributed by atoms with Gasteiger partial charge >= 0.3 is 5.97 Å². The summed E-state index contributed by atoms with van der Waals surface area (Å²) in [5.41, 5.74) is 4.95. The molecule has 1 heterocycles. The third kappa shape index (κ3) is 4.41. The third-order valence-electron chi connectivity index (χ3n) is 3.65. The number of nitrogens with two attached hydrogens (primary N) is 1. The van der Waals surface area contributed by atoms with Crippen LogP contribution < -0.4 is 5.73 Å². The number of carbonyl (C=O) groups is 3. The van der Waals surface area contributed by atoms with E-state index in [2.05, 4.69) is 0 Å². The van der Waals surface area contributed by atoms with Crippen LogP contribution in [0.3, 0.4) is 0 Å². The minimum Gasteiger partial charge on any atom is -0.452 e. The number of benzene rings is 1. The van der Waals surface area contributed by atoms with Crippen LogP contribution in [0.4, 0.5) is 4.39 Å². The highest BCUT2D eigenvalue weighted by Crippen LogP contribution is 2.17. The van der Waals surface area contributed by atoms with E-state index in [1.165, 1.54) is 17.0 Å². The first-order chi connectivity index (χ1) is 10.9. The van der Waals surface area contributed by atoms with Crippen LogP contribution in [0.2, 0.25) is 5.02 Å². The maximum Gasteiger partial charge on any atom is 0.341 e. The van der Waals surface area contributed by atoms with E-state index in [9.17, 15) is 18.8 Å². The highest BCUT2D eigenvalue weighted by atomic mass is 35.5. The Morgan fingerprint density at radius 3 is 2.78 bits per heavy atom. The van der Waals surface area contributed by atoms with Crippen LogP contribution in [0.5, 0.6) is 0 Å². The van der Waals surface area contributed by atoms with E-state index in [1.807, 2.05) is 0 Å². The molecule has 8 heteroatoms. The van der Waals surface area contributed by atoms with E-state index in [0.717, 1.165) is 6.07 Å². The van der Waals surface area contributed by atoms with Gasteiger partial charge in [-0.3, -0.25) is 9.59 Å². The molecule has 1 aliphatic rings. The van der Waals surface area contributed by atoms with Gasteiger partial charge in [-0.1, -0.05) is 11.6 Å². The average molecular weight is 343 g/mol. The van der Waals surface area contributed by atoms with E-state index in [-0.39, 0.29) is 17.1 Å². The molecular formula is C15H16ClFN2O4. The van der Waals surface area contributed by atoms with Crippen LogP contribution in [0.15, 0.2) is 18.2 Å². The van der Waals surface area contributed by atoms with E-state index in [1.54, 1.807) is 0 Å². The molecule has 1 aromatic rings. The summed E-state index contributed by atoms with van der Waals surface area (Å²) >= 11 is 5.60. The van der Waals surface area contributed by atoms with Crippen LogP contribution in [-0.2, 0) is 14.3 Å². The van der Waals surface area contributed by atoms with Crippen molar-refractivity contribution in [3.63, 3.8) is 0 Å². The quantitative estimate of drug-likeness (QED) is 0.837. The lowest BCUT2D eigenvalue weighted by Crippen LogP contribution is -2.45. The number of hydrogen-bond acceptors (Lipinski definition) is 4. The zero-order valence-electron chi connectivity index (χ0n) is 12.3. The summed E-state index contributed by atoms with van der Waals surface area (Å²) in [6.07, 6.45) is 1.29. The predicted octanol–water partition coefficient (Wildman–Crippen LogP) is 1.36. The van der Waals surface area contributed by atoms with E-state index >= 15 is 0 Å². The smallest absolute Gasteiger partial charge is 0.341 e. The van der Waals surface area contributed by atoms with Gasteiger partial charge in [-0.25, -0.2) is 9.18 Å². The van der Waals surface area contributed by atoms with Crippen LogP contribution in [0.25, 0.3) is 0 Å². The van der Waals surface area contributed by atoms with Crippen LogP contribution in [-0.4, -0.2) is 42.4 Å². The van der Waals surface area contributed by atoms with Crippen molar-refractivity contribution in [1.29, 1.82) is 0 Å². The number of amides is 2. The number of nitrogens with zero attached hydrogens (tertiary/aromatic N) is 1. The molecule has 0 aliphatic carbocycles. The van der Waals surface area contributed by atoms with Gasteiger partial charge in [0.1, 0.15) is 5.82 Å². The SMILES string of the molecule is NC(=O)[C@H]1CCCN(C(=O)COC(=O)c2ccc(Cl)cc2F)C1. The van der Waals surface area contributed by atoms with Gasteiger partial charge < -0.3 is 15.4 Å². The highest BCUT2D eigenvalue weighted by Gasteiger charge is 2.27. The Kier molecular flexibility index (Phi) is 5.54. The van der Waals surface area contributed by atoms with Crippen molar-refractivity contribution in [3.8, 4) is 0 Å². The average Bonchev–Trinajstić information content (AvgIpc) is 2.52. The maximum atomic E-state index is 13.6. The largest absolute Gasteiger partial charge is 0.452 e. The van der Waals surface area contributed by atoms with Gasteiger partial charge in [0.15, 0.2) is 6.61 Å². The molecule has 2 rings (SSSR count). The number of piperidine rings is 1. The molecule has 0 spiro atoms. The van der Waals surface area contributed by atoms with Gasteiger partial charge in [0, 0.05) is 18.1 Å². The number of ether oxygens (including phenoxy) is 1. The second-order valence-electron chi connectivity index (χ2n) is 5.28.